The summed E-state index contributed by atoms with van der Waals surface area (Å²) in [6.07, 6.45) is 15.5. The van der Waals surface area contributed by atoms with Crippen molar-refractivity contribution in [3.63, 3.8) is 0 Å². The van der Waals surface area contributed by atoms with Crippen molar-refractivity contribution in [3.05, 3.63) is 238 Å². The van der Waals surface area contributed by atoms with E-state index in [2.05, 4.69) is 80.6 Å². The summed E-state index contributed by atoms with van der Waals surface area (Å²) in [5, 5.41) is 56.4. The van der Waals surface area contributed by atoms with Crippen LogP contribution in [-0.4, -0.2) is 167 Å². The molecule has 9 N–H and O–H groups in total. The Bertz CT molecular complexity index is 6390. The first kappa shape index (κ1) is 99.5. The zero-order valence-corrected chi connectivity index (χ0v) is 80.9. The summed E-state index contributed by atoms with van der Waals surface area (Å²) in [5.74, 6) is 7.11. The van der Waals surface area contributed by atoms with Crippen molar-refractivity contribution in [1.29, 1.82) is 0 Å². The number of aromatic amines is 5. The summed E-state index contributed by atoms with van der Waals surface area (Å²) in [6, 6.07) is 28.0. The van der Waals surface area contributed by atoms with Crippen LogP contribution >= 0.6 is 53.0 Å². The largest absolute Gasteiger partial charge is 0.857 e. The predicted molar refractivity (Wildman–Crippen MR) is 506 cm³/mol. The van der Waals surface area contributed by atoms with E-state index in [4.69, 9.17) is 43.4 Å². The standard InChI is InChI=1S/C18H23N3O4S.2C18H23N3O3S.C18H23N3O2S.C17H19N3O2S.2CH3O/c1-11-9-21(22)16(12(2)17(11)25-4)10-26(5,23)18-19-14-7-6-13(24-3)8-15(14)20-18;1-11-9-19-16(12(2)17(11)24-4)10-25(5,22)18-20-14-7-6-13(23-3)8-15(14)21-18;1-11-9-21(22)17(13(3)12(11)2)10-25(5,23)18-19-15-7-6-14(24-4)8-16(15)20-18;1-11-9-19-17(13(3)12(11)2)10-24(5,22)18-20-15-7-6-14(23-4)8-16(15)21-18;1-10-8-20(21)16(12(3)11(10)2)9-23-17-18-14-6-5-13(22-4)7-15(14)19-17;2*1-2/h6-9,23H,10H2,1-5H3,(H,19,20);6-9,22H,10H2,1-5H3,(H,20,21);6-9,23H,10H2,1-5H3,(H,19,20);6-9,22H,10H2,1-5H3,(H,20,21);5-8H,9H2,1-4H3,(H,18,19);2*1H3/q;;;;;2*-1. The molecule has 5 aromatic carbocycles. The van der Waals surface area contributed by atoms with Crippen LogP contribution in [0.3, 0.4) is 0 Å². The number of hydrogen-bond acceptors (Lipinski definition) is 24. The molecule has 36 heteroatoms. The van der Waals surface area contributed by atoms with Crippen molar-refractivity contribution in [2.24, 2.45) is 0 Å². The van der Waals surface area contributed by atoms with Crippen LogP contribution in [0, 0.1) is 106 Å². The molecule has 684 valence electrons. The van der Waals surface area contributed by atoms with Gasteiger partial charge in [-0.15, -0.1) is 0 Å². The molecular weight excluding hydrogens is 1720 g/mol. The Morgan fingerprint density at radius 1 is 0.323 bits per heavy atom. The normalized spacial score (nSPS) is 14.0. The molecule has 10 heterocycles. The van der Waals surface area contributed by atoms with Gasteiger partial charge in [-0.3, -0.25) is 9.97 Å². The van der Waals surface area contributed by atoms with E-state index in [0.717, 1.165) is 190 Å². The number of pyridine rings is 5. The highest BCUT2D eigenvalue weighted by Crippen LogP contribution is 2.54. The lowest BCUT2D eigenvalue weighted by Crippen LogP contribution is -2.34. The number of H-pyrrole nitrogens is 5. The monoisotopic (exact) mass is 1840 g/mol. The summed E-state index contributed by atoms with van der Waals surface area (Å²) in [7, 11) is 3.87. The first-order valence-electron chi connectivity index (χ1n) is 39.8. The van der Waals surface area contributed by atoms with Gasteiger partial charge in [0.05, 0.1) is 145 Å². The molecule has 0 amide bonds. The van der Waals surface area contributed by atoms with Gasteiger partial charge >= 0.3 is 0 Å². The van der Waals surface area contributed by atoms with Crippen molar-refractivity contribution in [2.45, 2.75) is 145 Å². The highest BCUT2D eigenvalue weighted by Gasteiger charge is 2.33. The number of nitrogens with zero attached hydrogens (tertiary/aromatic N) is 10. The van der Waals surface area contributed by atoms with Gasteiger partial charge in [0, 0.05) is 87.6 Å². The first-order chi connectivity index (χ1) is 60.1. The van der Waals surface area contributed by atoms with Gasteiger partial charge in [-0.05, 0) is 204 Å². The summed E-state index contributed by atoms with van der Waals surface area (Å²) >= 11 is 1.53. The lowest BCUT2D eigenvalue weighted by Gasteiger charge is -2.27. The highest BCUT2D eigenvalue weighted by atomic mass is 32.3. The average Bonchev–Trinajstić information content (AvgIpc) is 1.47. The number of rotatable bonds is 22. The number of hydrogen-bond donors (Lipinski definition) is 9. The van der Waals surface area contributed by atoms with E-state index in [0.29, 0.717) is 60.8 Å². The molecule has 0 aliphatic rings. The van der Waals surface area contributed by atoms with Crippen LogP contribution in [0.25, 0.3) is 55.2 Å². The van der Waals surface area contributed by atoms with E-state index in [1.165, 1.54) is 34.6 Å². The number of nitrogens with one attached hydrogen (secondary N) is 5. The maximum atomic E-state index is 12.4. The zero-order chi connectivity index (χ0) is 93.6. The molecule has 0 bridgehead atoms. The Morgan fingerprint density at radius 3 is 0.961 bits per heavy atom. The van der Waals surface area contributed by atoms with Crippen LogP contribution in [0.4, 0.5) is 0 Å². The number of methoxy groups -OCH3 is 7. The Labute approximate surface area is 751 Å². The SMILES string of the molecule is COc1ccc2nc(S(C)(O)Cc3c(C)c(C)c(C)c[n+]3[O-])[nH]c2c1.COc1ccc2nc(S(C)(O)Cc3c(C)c(OC)c(C)c[n+]3[O-])[nH]c2c1.COc1ccc2nc(S(C)(O)Cc3ncc(C)c(C)c3C)[nH]c2c1.COc1ccc2nc(S(C)(O)Cc3ncc(C)c(OC)c3C)[nH]c2c1.COc1ccc2nc(SCc3c(C)c(C)c(C)c[n+]3[O-])[nH]c2c1.C[O-].C[O-]. The van der Waals surface area contributed by atoms with Crippen molar-refractivity contribution in [2.75, 3.05) is 89.0 Å². The molecular formula is C91H117N15O16S5-2. The number of imidazole rings is 5. The van der Waals surface area contributed by atoms with Crippen LogP contribution in [-0.2, 0) is 28.8 Å². The molecule has 4 atom stereocenters. The van der Waals surface area contributed by atoms with E-state index in [9.17, 15) is 33.8 Å². The molecule has 10 aromatic heterocycles. The van der Waals surface area contributed by atoms with Crippen LogP contribution in [0.2, 0.25) is 0 Å². The zero-order valence-electron chi connectivity index (χ0n) is 76.8. The lowest BCUT2D eigenvalue weighted by molar-refractivity contribution is -0.613. The second kappa shape index (κ2) is 42.5. The van der Waals surface area contributed by atoms with Crippen LogP contribution in [0.1, 0.15) is 101 Å². The molecule has 15 rings (SSSR count). The molecule has 127 heavy (non-hydrogen) atoms. The Kier molecular flexibility index (Phi) is 33.3. The molecule has 0 saturated heterocycles. The minimum absolute atomic E-state index is 0.177. The maximum absolute atomic E-state index is 12.4. The third kappa shape index (κ3) is 23.2. The van der Waals surface area contributed by atoms with E-state index >= 15 is 0 Å². The molecule has 31 nitrogen and oxygen atoms in total. The maximum Gasteiger partial charge on any atom is 0.210 e. The number of benzene rings is 5. The Morgan fingerprint density at radius 2 is 0.606 bits per heavy atom. The predicted octanol–water partition coefficient (Wildman–Crippen LogP) is 16.7. The second-order valence-electron chi connectivity index (χ2n) is 30.7. The van der Waals surface area contributed by atoms with E-state index in [-0.39, 0.29) is 11.5 Å². The topological polar surface area (TPSA) is 442 Å². The molecule has 0 aliphatic carbocycles. The molecule has 0 radical (unpaired) electrons. The lowest BCUT2D eigenvalue weighted by atomic mass is 10.1. The number of aryl methyl sites for hydroxylation is 5. The number of thioether (sulfide) groups is 1. The van der Waals surface area contributed by atoms with Crippen LogP contribution in [0.5, 0.6) is 40.2 Å². The van der Waals surface area contributed by atoms with E-state index in [1.54, 1.807) is 80.9 Å². The van der Waals surface area contributed by atoms with Crippen molar-refractivity contribution >= 4 is 108 Å². The van der Waals surface area contributed by atoms with Gasteiger partial charge in [0.25, 0.3) is 0 Å². The van der Waals surface area contributed by atoms with E-state index in [1.807, 2.05) is 179 Å². The van der Waals surface area contributed by atoms with Crippen molar-refractivity contribution in [3.8, 4) is 40.2 Å². The minimum Gasteiger partial charge on any atom is -0.857 e. The number of aromatic nitrogens is 15. The fraction of sp³-hybridized carbons (Fsp3) is 0.341. The Balaban J connectivity index is 0.000000178. The molecule has 0 fully saturated rings. The van der Waals surface area contributed by atoms with Gasteiger partial charge in [0.15, 0.2) is 44.4 Å². The fourth-order valence-corrected chi connectivity index (χ4v) is 21.3. The third-order valence-corrected chi connectivity index (χ3v) is 30.3. The van der Waals surface area contributed by atoms with Crippen molar-refractivity contribution < 1.29 is 75.8 Å². The third-order valence-electron chi connectivity index (χ3n) is 22.0. The molecule has 15 aromatic rings. The first-order valence-corrected chi connectivity index (χ1v) is 49.4. The van der Waals surface area contributed by atoms with Crippen molar-refractivity contribution in [1.82, 2.24) is 59.8 Å². The minimum atomic E-state index is -2.36. The van der Waals surface area contributed by atoms with Gasteiger partial charge < -0.3 is 102 Å². The van der Waals surface area contributed by atoms with Gasteiger partial charge in [0.1, 0.15) is 40.2 Å². The summed E-state index contributed by atoms with van der Waals surface area (Å²) in [6.45, 7) is 25.6. The summed E-state index contributed by atoms with van der Waals surface area (Å²) in [5.41, 5.74) is 24.9. The summed E-state index contributed by atoms with van der Waals surface area (Å²) < 4.78 is 84.0. The summed E-state index contributed by atoms with van der Waals surface area (Å²) in [4.78, 5) is 47.8. The number of fused-ring (bicyclic) bond motifs is 5. The van der Waals surface area contributed by atoms with Gasteiger partial charge in [0.2, 0.25) is 17.1 Å². The fourth-order valence-electron chi connectivity index (χ4n) is 13.9. The van der Waals surface area contributed by atoms with Crippen LogP contribution < -0.4 is 57.6 Å². The molecule has 0 aliphatic heterocycles. The molecule has 0 spiro atoms. The smallest absolute Gasteiger partial charge is 0.210 e. The number of ether oxygens (including phenoxy) is 7. The highest BCUT2D eigenvalue weighted by molar-refractivity contribution is 8.28. The Hall–Kier alpha value is -11.3. The average molecular weight is 1840 g/mol. The quantitative estimate of drug-likeness (QED) is 0.0173. The molecule has 4 unspecified atom stereocenters. The molecule has 0 saturated carbocycles. The van der Waals surface area contributed by atoms with Gasteiger partial charge in [-0.25, -0.2) is 24.9 Å². The van der Waals surface area contributed by atoms with Crippen LogP contribution in [0.15, 0.2) is 148 Å². The second-order valence-corrected chi connectivity index (χ2v) is 42.7. The van der Waals surface area contributed by atoms with Gasteiger partial charge in [-0.2, -0.15) is 28.4 Å². The van der Waals surface area contributed by atoms with E-state index < -0.39 is 41.2 Å². The van der Waals surface area contributed by atoms with Gasteiger partial charge in [-0.1, -0.05) is 53.0 Å².